The van der Waals surface area contributed by atoms with E-state index in [0.29, 0.717) is 21.5 Å². The van der Waals surface area contributed by atoms with Crippen molar-refractivity contribution in [2.24, 2.45) is 0 Å². The van der Waals surface area contributed by atoms with E-state index in [9.17, 15) is 27.6 Å². The highest BCUT2D eigenvalue weighted by atomic mass is 35.5. The number of methoxy groups -OCH3 is 1. The van der Waals surface area contributed by atoms with E-state index in [2.05, 4.69) is 20.2 Å². The fraction of sp³-hybridized carbons (Fsp3) is 0.125. The van der Waals surface area contributed by atoms with Gasteiger partial charge < -0.3 is 9.64 Å². The summed E-state index contributed by atoms with van der Waals surface area (Å²) >= 11 is 12.8. The third kappa shape index (κ3) is 5.45. The van der Waals surface area contributed by atoms with Gasteiger partial charge in [0.25, 0.3) is 11.8 Å². The van der Waals surface area contributed by atoms with Crippen molar-refractivity contribution < 1.29 is 32.3 Å². The van der Waals surface area contributed by atoms with Crippen LogP contribution in [0.5, 0.6) is 0 Å². The summed E-state index contributed by atoms with van der Waals surface area (Å²) in [5.74, 6) is -2.14. The Kier molecular flexibility index (Phi) is 7.65. The smallest absolute Gasteiger partial charge is 0.435 e. The van der Waals surface area contributed by atoms with Gasteiger partial charge >= 0.3 is 12.3 Å². The van der Waals surface area contributed by atoms with Crippen LogP contribution in [-0.2, 0) is 10.9 Å². The predicted octanol–water partition coefficient (Wildman–Crippen LogP) is 5.02. The lowest BCUT2D eigenvalue weighted by Crippen LogP contribution is -2.42. The van der Waals surface area contributed by atoms with Gasteiger partial charge in [-0.3, -0.25) is 15.0 Å². The van der Waals surface area contributed by atoms with E-state index in [-0.39, 0.29) is 27.1 Å². The Morgan fingerprint density at radius 1 is 1.05 bits per heavy atom. The summed E-state index contributed by atoms with van der Waals surface area (Å²) in [4.78, 5) is 43.1. The molecule has 39 heavy (non-hydrogen) atoms. The maximum atomic E-state index is 13.7. The average Bonchev–Trinajstić information content (AvgIpc) is 3.37. The molecule has 10 nitrogen and oxygen atoms in total. The first-order chi connectivity index (χ1) is 18.4. The maximum Gasteiger partial charge on any atom is 0.435 e. The van der Waals surface area contributed by atoms with Crippen LogP contribution in [0.3, 0.4) is 0 Å². The highest BCUT2D eigenvalue weighted by molar-refractivity contribution is 6.40. The summed E-state index contributed by atoms with van der Waals surface area (Å²) in [6, 6.07) is 11.4. The predicted molar refractivity (Wildman–Crippen MR) is 136 cm³/mol. The summed E-state index contributed by atoms with van der Waals surface area (Å²) in [6.45, 7) is 0. The number of carbonyl (C=O) groups is 3. The molecule has 4 aromatic rings. The van der Waals surface area contributed by atoms with Gasteiger partial charge in [0.1, 0.15) is 5.69 Å². The van der Waals surface area contributed by atoms with Crippen LogP contribution in [0, 0.1) is 0 Å². The van der Waals surface area contributed by atoms with Gasteiger partial charge in [-0.15, -0.1) is 0 Å². The molecule has 0 fully saturated rings. The van der Waals surface area contributed by atoms with Crippen LogP contribution in [0.4, 0.5) is 23.7 Å². The Labute approximate surface area is 228 Å². The first-order valence-corrected chi connectivity index (χ1v) is 11.6. The maximum absolute atomic E-state index is 13.7. The molecule has 0 saturated heterocycles. The van der Waals surface area contributed by atoms with E-state index in [4.69, 9.17) is 23.2 Å². The van der Waals surface area contributed by atoms with Crippen molar-refractivity contribution in [3.8, 4) is 5.82 Å². The molecule has 2 N–H and O–H groups in total. The number of alkyl halides is 3. The molecule has 0 radical (unpaired) electrons. The minimum atomic E-state index is -4.90. The average molecular weight is 581 g/mol. The number of benzene rings is 2. The Balaban J connectivity index is 1.88. The van der Waals surface area contributed by atoms with Crippen molar-refractivity contribution in [3.63, 3.8) is 0 Å². The molecule has 0 aliphatic rings. The second-order valence-electron chi connectivity index (χ2n) is 7.88. The third-order valence-electron chi connectivity index (χ3n) is 5.47. The van der Waals surface area contributed by atoms with E-state index in [0.717, 1.165) is 12.0 Å². The zero-order chi connectivity index (χ0) is 28.5. The van der Waals surface area contributed by atoms with Crippen LogP contribution in [-0.4, -0.2) is 46.8 Å². The monoisotopic (exact) mass is 580 g/mol. The molecule has 0 atom stereocenters. The number of fused-ring (bicyclic) bond motifs is 1. The summed E-state index contributed by atoms with van der Waals surface area (Å²) < 4.78 is 45.9. The number of aromatic nitrogens is 3. The Morgan fingerprint density at radius 3 is 2.44 bits per heavy atom. The molecule has 15 heteroatoms. The lowest BCUT2D eigenvalue weighted by atomic mass is 10.0. The summed E-state index contributed by atoms with van der Waals surface area (Å²) in [6.07, 6.45) is -4.60. The normalized spacial score (nSPS) is 11.3. The van der Waals surface area contributed by atoms with Crippen molar-refractivity contribution in [1.82, 2.24) is 25.6 Å². The van der Waals surface area contributed by atoms with Crippen molar-refractivity contribution >= 4 is 57.6 Å². The lowest BCUT2D eigenvalue weighted by Gasteiger charge is -2.23. The largest absolute Gasteiger partial charge is 0.452 e. The van der Waals surface area contributed by atoms with E-state index in [1.165, 1.54) is 31.4 Å². The summed E-state index contributed by atoms with van der Waals surface area (Å²) in [5, 5.41) is 4.37. The molecule has 4 rings (SSSR count). The lowest BCUT2D eigenvalue weighted by molar-refractivity contribution is -0.141. The molecule has 3 amide bonds. The van der Waals surface area contributed by atoms with E-state index >= 15 is 0 Å². The van der Waals surface area contributed by atoms with Crippen LogP contribution >= 0.6 is 23.2 Å². The van der Waals surface area contributed by atoms with Crippen LogP contribution in [0.25, 0.3) is 16.6 Å². The second kappa shape index (κ2) is 10.8. The molecule has 0 spiro atoms. The number of carbonyl (C=O) groups excluding carboxylic acids is 3. The highest BCUT2D eigenvalue weighted by Gasteiger charge is 2.37. The molecule has 0 saturated carbocycles. The van der Waals surface area contributed by atoms with Crippen molar-refractivity contribution in [2.45, 2.75) is 6.18 Å². The topological polar surface area (TPSA) is 118 Å². The van der Waals surface area contributed by atoms with E-state index in [1.807, 2.05) is 5.43 Å². The van der Waals surface area contributed by atoms with Gasteiger partial charge in [0.15, 0.2) is 11.5 Å². The van der Waals surface area contributed by atoms with Gasteiger partial charge in [0, 0.05) is 24.7 Å². The highest BCUT2D eigenvalue weighted by Crippen LogP contribution is 2.38. The summed E-state index contributed by atoms with van der Waals surface area (Å²) in [5.41, 5.74) is 1.88. The molecule has 0 unspecified atom stereocenters. The van der Waals surface area contributed by atoms with Gasteiger partial charge in [-0.2, -0.15) is 18.3 Å². The van der Waals surface area contributed by atoms with Gasteiger partial charge in [-0.25, -0.2) is 19.9 Å². The zero-order valence-electron chi connectivity index (χ0n) is 20.0. The van der Waals surface area contributed by atoms with Crippen LogP contribution in [0.1, 0.15) is 26.5 Å². The standard InChI is InChI=1S/C24H17Cl2F3N6O4/c1-34(22(37)16-11-17(24(27,28)29)33-35(16)20-15(25)8-5-9-30-20)19-14(21(36)31-32-23(38)39-2)10-12-6-3-4-7-13(12)18(19)26/h3-11H,1-2H3,(H,31,36)(H,32,38). The van der Waals surface area contributed by atoms with Gasteiger partial charge in [0.2, 0.25) is 0 Å². The first kappa shape index (κ1) is 27.7. The number of hydrazine groups is 1. The van der Waals surface area contributed by atoms with E-state index < -0.39 is 35.5 Å². The minimum Gasteiger partial charge on any atom is -0.452 e. The third-order valence-corrected chi connectivity index (χ3v) is 6.14. The molecule has 202 valence electrons. The quantitative estimate of drug-likeness (QED) is 0.327. The van der Waals surface area contributed by atoms with Gasteiger partial charge in [-0.1, -0.05) is 47.5 Å². The van der Waals surface area contributed by atoms with Crippen molar-refractivity contribution in [3.05, 3.63) is 81.7 Å². The number of hydrogen-bond donors (Lipinski definition) is 2. The number of anilines is 1. The zero-order valence-corrected chi connectivity index (χ0v) is 21.5. The Bertz CT molecular complexity index is 1610. The number of nitrogens with one attached hydrogen (secondary N) is 2. The first-order valence-electron chi connectivity index (χ1n) is 10.9. The number of ether oxygens (including phenoxy) is 1. The SMILES string of the molecule is COC(=O)NNC(=O)c1cc2ccccc2c(Cl)c1N(C)C(=O)c1cc(C(F)(F)F)nn1-c1ncccc1Cl. The molecular weight excluding hydrogens is 564 g/mol. The number of hydrogen-bond acceptors (Lipinski definition) is 6. The molecule has 0 aliphatic heterocycles. The number of pyridine rings is 1. The molecule has 2 heterocycles. The number of rotatable bonds is 4. The van der Waals surface area contributed by atoms with Gasteiger partial charge in [-0.05, 0) is 23.6 Å². The second-order valence-corrected chi connectivity index (χ2v) is 8.66. The number of nitrogens with zero attached hydrogens (tertiary/aromatic N) is 4. The van der Waals surface area contributed by atoms with Crippen molar-refractivity contribution in [1.29, 1.82) is 0 Å². The molecule has 2 aromatic carbocycles. The molecule has 0 aliphatic carbocycles. The molecular formula is C24H17Cl2F3N6O4. The molecule has 2 aromatic heterocycles. The summed E-state index contributed by atoms with van der Waals surface area (Å²) in [7, 11) is 2.30. The van der Waals surface area contributed by atoms with Crippen LogP contribution < -0.4 is 15.8 Å². The molecule has 0 bridgehead atoms. The number of halogens is 5. The number of amides is 3. The fourth-order valence-corrected chi connectivity index (χ4v) is 4.26. The van der Waals surface area contributed by atoms with Crippen LogP contribution in [0.15, 0.2) is 54.7 Å². The van der Waals surface area contributed by atoms with E-state index in [1.54, 1.807) is 24.3 Å². The van der Waals surface area contributed by atoms with Gasteiger partial charge in [0.05, 0.1) is 28.4 Å². The van der Waals surface area contributed by atoms with Crippen molar-refractivity contribution in [2.75, 3.05) is 19.1 Å². The van der Waals surface area contributed by atoms with Crippen LogP contribution in [0.2, 0.25) is 10.0 Å². The Hall–Kier alpha value is -4.36. The minimum absolute atomic E-state index is 0.0508. The Morgan fingerprint density at radius 2 is 1.77 bits per heavy atom. The fourth-order valence-electron chi connectivity index (χ4n) is 3.66.